The van der Waals surface area contributed by atoms with Crippen LogP contribution in [0.15, 0.2) is 30.3 Å². The molecule has 6 nitrogen and oxygen atoms in total. The Morgan fingerprint density at radius 2 is 1.82 bits per heavy atom. The second-order valence-electron chi connectivity index (χ2n) is 3.00. The molecular weight excluding hydrogens is 226 g/mol. The van der Waals surface area contributed by atoms with Gasteiger partial charge in [0.2, 0.25) is 0 Å². The number of hydrogen-bond donors (Lipinski definition) is 1. The minimum Gasteiger partial charge on any atom is -0.441 e. The number of esters is 2. The summed E-state index contributed by atoms with van der Waals surface area (Å²) in [6.07, 6.45) is -0.960. The highest BCUT2D eigenvalue weighted by molar-refractivity contribution is 5.89. The Kier molecular flexibility index (Phi) is 4.68. The van der Waals surface area contributed by atoms with Crippen LogP contribution in [0.4, 0.5) is 4.79 Å². The van der Waals surface area contributed by atoms with Crippen LogP contribution < -0.4 is 5.32 Å². The van der Waals surface area contributed by atoms with Gasteiger partial charge >= 0.3 is 18.0 Å². The van der Waals surface area contributed by atoms with Crippen molar-refractivity contribution in [2.75, 3.05) is 6.73 Å². The summed E-state index contributed by atoms with van der Waals surface area (Å²) in [6.45, 7) is 0.732. The van der Waals surface area contributed by atoms with Gasteiger partial charge in [-0.25, -0.2) is 9.59 Å². The summed E-state index contributed by atoms with van der Waals surface area (Å²) in [4.78, 5) is 32.6. The van der Waals surface area contributed by atoms with Crippen molar-refractivity contribution in [2.24, 2.45) is 0 Å². The van der Waals surface area contributed by atoms with Gasteiger partial charge in [0.05, 0.1) is 5.56 Å². The number of ether oxygens (including phenoxy) is 2. The zero-order valence-corrected chi connectivity index (χ0v) is 9.14. The molecule has 90 valence electrons. The van der Waals surface area contributed by atoms with Crippen LogP contribution in [0.1, 0.15) is 17.3 Å². The van der Waals surface area contributed by atoms with Crippen LogP contribution >= 0.6 is 0 Å². The van der Waals surface area contributed by atoms with Gasteiger partial charge in [-0.2, -0.15) is 0 Å². The van der Waals surface area contributed by atoms with E-state index in [1.807, 2.05) is 0 Å². The first-order valence-corrected chi connectivity index (χ1v) is 4.78. The summed E-state index contributed by atoms with van der Waals surface area (Å²) in [5, 5.41) is 2.09. The second kappa shape index (κ2) is 6.26. The molecule has 0 aliphatic heterocycles. The summed E-state index contributed by atoms with van der Waals surface area (Å²) in [5.41, 5.74) is 0.370. The van der Waals surface area contributed by atoms with Gasteiger partial charge < -0.3 is 9.47 Å². The molecule has 6 heteroatoms. The third-order valence-electron chi connectivity index (χ3n) is 1.67. The van der Waals surface area contributed by atoms with Gasteiger partial charge in [-0.1, -0.05) is 18.2 Å². The van der Waals surface area contributed by atoms with Crippen molar-refractivity contribution in [1.29, 1.82) is 0 Å². The maximum Gasteiger partial charge on any atom is 0.417 e. The third-order valence-corrected chi connectivity index (χ3v) is 1.67. The Balaban J connectivity index is 2.30. The van der Waals surface area contributed by atoms with Crippen LogP contribution in [0.3, 0.4) is 0 Å². The Hall–Kier alpha value is -2.37. The molecule has 1 aromatic carbocycles. The Bertz CT molecular complexity index is 415. The van der Waals surface area contributed by atoms with Gasteiger partial charge in [0.25, 0.3) is 0 Å². The first-order valence-electron chi connectivity index (χ1n) is 4.78. The van der Waals surface area contributed by atoms with E-state index in [1.165, 1.54) is 0 Å². The van der Waals surface area contributed by atoms with E-state index in [2.05, 4.69) is 10.1 Å². The Morgan fingerprint density at radius 1 is 1.18 bits per heavy atom. The fourth-order valence-corrected chi connectivity index (χ4v) is 0.985. The molecule has 0 spiro atoms. The van der Waals surface area contributed by atoms with Crippen LogP contribution in [-0.2, 0) is 14.3 Å². The van der Waals surface area contributed by atoms with E-state index in [1.54, 1.807) is 30.3 Å². The normalized spacial score (nSPS) is 9.24. The lowest BCUT2D eigenvalue weighted by Gasteiger charge is -2.05. The maximum atomic E-state index is 11.4. The molecule has 1 rings (SSSR count). The lowest BCUT2D eigenvalue weighted by Crippen LogP contribution is -2.29. The predicted octanol–water partition coefficient (Wildman–Crippen LogP) is 1.07. The quantitative estimate of drug-likeness (QED) is 0.483. The summed E-state index contributed by atoms with van der Waals surface area (Å²) >= 11 is 0. The molecule has 0 aliphatic rings. The van der Waals surface area contributed by atoms with Crippen molar-refractivity contribution in [1.82, 2.24) is 5.32 Å². The van der Waals surface area contributed by atoms with E-state index in [-0.39, 0.29) is 6.73 Å². The highest BCUT2D eigenvalue weighted by Crippen LogP contribution is 2.00. The molecule has 0 unspecified atom stereocenters. The zero-order valence-electron chi connectivity index (χ0n) is 9.14. The van der Waals surface area contributed by atoms with Crippen molar-refractivity contribution in [3.63, 3.8) is 0 Å². The average molecular weight is 237 g/mol. The van der Waals surface area contributed by atoms with Crippen LogP contribution in [0, 0.1) is 0 Å². The predicted molar refractivity (Wildman–Crippen MR) is 57.0 cm³/mol. The minimum atomic E-state index is -0.960. The highest BCUT2D eigenvalue weighted by atomic mass is 16.6. The molecule has 0 fully saturated rings. The molecule has 0 saturated carbocycles. The van der Waals surface area contributed by atoms with Gasteiger partial charge in [-0.05, 0) is 12.1 Å². The zero-order chi connectivity index (χ0) is 12.7. The lowest BCUT2D eigenvalue weighted by molar-refractivity contribution is -0.134. The lowest BCUT2D eigenvalue weighted by atomic mass is 10.2. The van der Waals surface area contributed by atoms with Crippen molar-refractivity contribution in [2.45, 2.75) is 6.92 Å². The number of carbonyl (C=O) groups is 3. The fraction of sp³-hybridized carbons (Fsp3) is 0.182. The molecular formula is C11H11NO5. The number of hydrogen-bond acceptors (Lipinski definition) is 5. The van der Waals surface area contributed by atoms with Crippen LogP contribution in [0.2, 0.25) is 0 Å². The molecule has 0 radical (unpaired) electrons. The molecule has 17 heavy (non-hydrogen) atoms. The molecule has 1 amide bonds. The van der Waals surface area contributed by atoms with E-state index in [4.69, 9.17) is 4.74 Å². The SMILES string of the molecule is CC(=O)OC(=O)NCOC(=O)c1ccccc1. The first kappa shape index (κ1) is 12.7. The van der Waals surface area contributed by atoms with Crippen molar-refractivity contribution in [3.05, 3.63) is 35.9 Å². The van der Waals surface area contributed by atoms with Gasteiger partial charge in [0.1, 0.15) is 0 Å². The first-order chi connectivity index (χ1) is 8.09. The number of alkyl carbamates (subject to hydrolysis) is 1. The van der Waals surface area contributed by atoms with Crippen LogP contribution in [-0.4, -0.2) is 24.8 Å². The van der Waals surface area contributed by atoms with E-state index in [0.29, 0.717) is 5.56 Å². The minimum absolute atomic E-state index is 0.361. The van der Waals surface area contributed by atoms with E-state index in [9.17, 15) is 14.4 Å². The number of rotatable bonds is 3. The van der Waals surface area contributed by atoms with Crippen molar-refractivity contribution in [3.8, 4) is 0 Å². The number of nitrogens with one attached hydrogen (secondary N) is 1. The topological polar surface area (TPSA) is 81.7 Å². The summed E-state index contributed by atoms with van der Waals surface area (Å²) in [5.74, 6) is -1.31. The molecule has 0 saturated heterocycles. The van der Waals surface area contributed by atoms with Gasteiger partial charge in [-0.3, -0.25) is 10.1 Å². The molecule has 0 aromatic heterocycles. The average Bonchev–Trinajstić information content (AvgIpc) is 2.29. The summed E-state index contributed by atoms with van der Waals surface area (Å²) < 4.78 is 8.88. The Labute approximate surface area is 97.5 Å². The van der Waals surface area contributed by atoms with Crippen LogP contribution in [0.25, 0.3) is 0 Å². The standard InChI is InChI=1S/C11H11NO5/c1-8(13)17-11(15)12-7-16-10(14)9-5-3-2-4-6-9/h2-6H,7H2,1H3,(H,12,15). The van der Waals surface area contributed by atoms with Crippen LogP contribution in [0.5, 0.6) is 0 Å². The largest absolute Gasteiger partial charge is 0.441 e. The summed E-state index contributed by atoms with van der Waals surface area (Å²) in [6, 6.07) is 8.30. The monoisotopic (exact) mass is 237 g/mol. The smallest absolute Gasteiger partial charge is 0.417 e. The van der Waals surface area contributed by atoms with Gasteiger partial charge in [-0.15, -0.1) is 0 Å². The number of benzene rings is 1. The number of carbonyl (C=O) groups excluding carboxylic acids is 3. The van der Waals surface area contributed by atoms with Gasteiger partial charge in [0, 0.05) is 6.92 Å². The Morgan fingerprint density at radius 3 is 2.41 bits per heavy atom. The number of amides is 1. The fourth-order valence-electron chi connectivity index (χ4n) is 0.985. The molecule has 1 N–H and O–H groups in total. The molecule has 0 heterocycles. The van der Waals surface area contributed by atoms with Crippen molar-refractivity contribution < 1.29 is 23.9 Å². The second-order valence-corrected chi connectivity index (χ2v) is 3.00. The van der Waals surface area contributed by atoms with E-state index in [0.717, 1.165) is 6.92 Å². The van der Waals surface area contributed by atoms with Crippen molar-refractivity contribution >= 4 is 18.0 Å². The molecule has 1 aromatic rings. The molecule has 0 bridgehead atoms. The summed E-state index contributed by atoms with van der Waals surface area (Å²) in [7, 11) is 0. The van der Waals surface area contributed by atoms with E-state index >= 15 is 0 Å². The third kappa shape index (κ3) is 4.78. The van der Waals surface area contributed by atoms with Gasteiger partial charge in [0.15, 0.2) is 6.73 Å². The highest BCUT2D eigenvalue weighted by Gasteiger charge is 2.08. The molecule has 0 atom stereocenters. The van der Waals surface area contributed by atoms with E-state index < -0.39 is 18.0 Å². The molecule has 0 aliphatic carbocycles. The maximum absolute atomic E-state index is 11.4.